The van der Waals surface area contributed by atoms with Gasteiger partial charge in [-0.25, -0.2) is 4.79 Å². The second-order valence-corrected chi connectivity index (χ2v) is 5.33. The zero-order valence-electron chi connectivity index (χ0n) is 10.7. The van der Waals surface area contributed by atoms with Crippen LogP contribution in [0.4, 0.5) is 0 Å². The van der Waals surface area contributed by atoms with Crippen LogP contribution in [-0.4, -0.2) is 5.11 Å². The third-order valence-electron chi connectivity index (χ3n) is 2.79. The lowest BCUT2D eigenvalue weighted by Gasteiger charge is -2.18. The van der Waals surface area contributed by atoms with Crippen LogP contribution >= 0.6 is 0 Å². The van der Waals surface area contributed by atoms with Crippen molar-refractivity contribution in [2.75, 3.05) is 0 Å². The van der Waals surface area contributed by atoms with Gasteiger partial charge in [0, 0.05) is 11.6 Å². The van der Waals surface area contributed by atoms with Crippen molar-refractivity contribution in [3.63, 3.8) is 0 Å². The highest BCUT2D eigenvalue weighted by molar-refractivity contribution is 5.59. The Bertz CT molecular complexity index is 601. The van der Waals surface area contributed by atoms with Crippen molar-refractivity contribution < 1.29 is 9.52 Å². The topological polar surface area (TPSA) is 50.4 Å². The molecule has 0 bridgehead atoms. The molecule has 0 amide bonds. The molecule has 0 aliphatic carbocycles. The Morgan fingerprint density at radius 2 is 1.67 bits per heavy atom. The van der Waals surface area contributed by atoms with E-state index in [-0.39, 0.29) is 11.2 Å². The highest BCUT2D eigenvalue weighted by Crippen LogP contribution is 2.26. The molecule has 18 heavy (non-hydrogen) atoms. The molecule has 0 aliphatic heterocycles. The summed E-state index contributed by atoms with van der Waals surface area (Å²) in [6, 6.07) is 10.3. The number of hydrogen-bond donors (Lipinski definition) is 1. The van der Waals surface area contributed by atoms with Crippen LogP contribution in [0.1, 0.15) is 26.3 Å². The molecule has 1 aromatic heterocycles. The Morgan fingerprint density at radius 1 is 1.06 bits per heavy atom. The average molecular weight is 244 g/mol. The van der Waals surface area contributed by atoms with Gasteiger partial charge in [0.15, 0.2) is 0 Å². The quantitative estimate of drug-likeness (QED) is 0.837. The van der Waals surface area contributed by atoms with E-state index in [2.05, 4.69) is 20.8 Å². The summed E-state index contributed by atoms with van der Waals surface area (Å²) in [4.78, 5) is 11.2. The molecule has 3 heteroatoms. The van der Waals surface area contributed by atoms with Crippen molar-refractivity contribution in [1.29, 1.82) is 0 Å². The van der Waals surface area contributed by atoms with Gasteiger partial charge in [-0.2, -0.15) is 0 Å². The van der Waals surface area contributed by atoms with Gasteiger partial charge in [-0.15, -0.1) is 0 Å². The summed E-state index contributed by atoms with van der Waals surface area (Å²) in [5.41, 5.74) is 1.51. The Hall–Kier alpha value is -2.03. The zero-order chi connectivity index (χ0) is 13.3. The second kappa shape index (κ2) is 4.33. The van der Waals surface area contributed by atoms with E-state index in [1.165, 1.54) is 11.6 Å². The zero-order valence-corrected chi connectivity index (χ0v) is 10.7. The summed E-state index contributed by atoms with van der Waals surface area (Å²) in [7, 11) is 0. The van der Waals surface area contributed by atoms with Gasteiger partial charge in [0.1, 0.15) is 11.5 Å². The highest BCUT2D eigenvalue weighted by Gasteiger charge is 2.13. The largest absolute Gasteiger partial charge is 0.508 e. The molecular weight excluding hydrogens is 228 g/mol. The first-order chi connectivity index (χ1) is 8.36. The lowest BCUT2D eigenvalue weighted by atomic mass is 9.86. The summed E-state index contributed by atoms with van der Waals surface area (Å²) in [5, 5.41) is 9.38. The monoisotopic (exact) mass is 244 g/mol. The third kappa shape index (κ3) is 2.62. The van der Waals surface area contributed by atoms with Crippen LogP contribution in [0.15, 0.2) is 45.6 Å². The fraction of sp³-hybridized carbons (Fsp3) is 0.267. The highest BCUT2D eigenvalue weighted by atomic mass is 16.4. The van der Waals surface area contributed by atoms with E-state index in [9.17, 15) is 9.90 Å². The molecule has 1 N–H and O–H groups in total. The summed E-state index contributed by atoms with van der Waals surface area (Å²) in [6.45, 7) is 6.41. The molecule has 94 valence electrons. The minimum atomic E-state index is -0.551. The molecule has 1 aromatic carbocycles. The summed E-state index contributed by atoms with van der Waals surface area (Å²) in [5.74, 6) is 0.293. The van der Waals surface area contributed by atoms with E-state index in [1.54, 1.807) is 0 Å². The van der Waals surface area contributed by atoms with E-state index < -0.39 is 5.63 Å². The van der Waals surface area contributed by atoms with Crippen molar-refractivity contribution in [3.8, 4) is 17.1 Å². The SMILES string of the molecule is CC(C)(C)c1ccc(-c2cc(O)cc(=O)o2)cc1. The average Bonchev–Trinajstić information content (AvgIpc) is 2.27. The lowest BCUT2D eigenvalue weighted by Crippen LogP contribution is -2.10. The maximum absolute atomic E-state index is 11.2. The normalized spacial score (nSPS) is 11.5. The Labute approximate surface area is 106 Å². The summed E-state index contributed by atoms with van der Waals surface area (Å²) >= 11 is 0. The Balaban J connectivity index is 2.43. The molecule has 0 saturated heterocycles. The van der Waals surface area contributed by atoms with Gasteiger partial charge in [0.05, 0.1) is 6.07 Å². The van der Waals surface area contributed by atoms with Crippen LogP contribution in [0.3, 0.4) is 0 Å². The van der Waals surface area contributed by atoms with Gasteiger partial charge in [-0.1, -0.05) is 45.0 Å². The number of rotatable bonds is 1. The standard InChI is InChI=1S/C15H16O3/c1-15(2,3)11-6-4-10(5-7-11)13-8-12(16)9-14(17)18-13/h4-9,16H,1-3H3. The van der Waals surface area contributed by atoms with Crippen LogP contribution < -0.4 is 5.63 Å². The van der Waals surface area contributed by atoms with Gasteiger partial charge in [-0.3, -0.25) is 0 Å². The second-order valence-electron chi connectivity index (χ2n) is 5.33. The van der Waals surface area contributed by atoms with Gasteiger partial charge in [0.2, 0.25) is 0 Å². The van der Waals surface area contributed by atoms with Gasteiger partial charge in [-0.05, 0) is 11.0 Å². The van der Waals surface area contributed by atoms with E-state index in [0.29, 0.717) is 5.76 Å². The predicted molar refractivity (Wildman–Crippen MR) is 70.8 cm³/mol. The first kappa shape index (κ1) is 12.4. The first-order valence-electron chi connectivity index (χ1n) is 5.81. The molecular formula is C15H16O3. The number of aromatic hydroxyl groups is 1. The molecule has 0 fully saturated rings. The summed E-state index contributed by atoms with van der Waals surface area (Å²) in [6.07, 6.45) is 0. The molecule has 0 aliphatic rings. The maximum atomic E-state index is 11.2. The Morgan fingerprint density at radius 3 is 2.17 bits per heavy atom. The van der Waals surface area contributed by atoms with Crippen molar-refractivity contribution in [1.82, 2.24) is 0 Å². The van der Waals surface area contributed by atoms with Crippen molar-refractivity contribution in [3.05, 3.63) is 52.4 Å². The summed E-state index contributed by atoms with van der Waals surface area (Å²) < 4.78 is 5.05. The third-order valence-corrected chi connectivity index (χ3v) is 2.79. The molecule has 2 aromatic rings. The molecule has 0 radical (unpaired) electrons. The van der Waals surface area contributed by atoms with Crippen molar-refractivity contribution in [2.45, 2.75) is 26.2 Å². The van der Waals surface area contributed by atoms with Crippen molar-refractivity contribution >= 4 is 0 Å². The van der Waals surface area contributed by atoms with Crippen LogP contribution in [0.5, 0.6) is 5.75 Å². The fourth-order valence-corrected chi connectivity index (χ4v) is 1.74. The molecule has 0 spiro atoms. The van der Waals surface area contributed by atoms with Crippen molar-refractivity contribution in [2.24, 2.45) is 0 Å². The predicted octanol–water partition coefficient (Wildman–Crippen LogP) is 3.31. The van der Waals surface area contributed by atoms with Crippen LogP contribution in [0, 0.1) is 0 Å². The molecule has 0 unspecified atom stereocenters. The van der Waals surface area contributed by atoms with Gasteiger partial charge in [0.25, 0.3) is 0 Å². The minimum absolute atomic E-state index is 0.0815. The lowest BCUT2D eigenvalue weighted by molar-refractivity contribution is 0.452. The smallest absolute Gasteiger partial charge is 0.339 e. The van der Waals surface area contributed by atoms with Crippen LogP contribution in [0.2, 0.25) is 0 Å². The molecule has 3 nitrogen and oxygen atoms in total. The van der Waals surface area contributed by atoms with E-state index in [1.807, 2.05) is 24.3 Å². The maximum Gasteiger partial charge on any atom is 0.339 e. The van der Waals surface area contributed by atoms with Gasteiger partial charge >= 0.3 is 5.63 Å². The molecule has 0 atom stereocenters. The fourth-order valence-electron chi connectivity index (χ4n) is 1.74. The molecule has 1 heterocycles. The number of benzene rings is 1. The van der Waals surface area contributed by atoms with E-state index in [0.717, 1.165) is 11.6 Å². The minimum Gasteiger partial charge on any atom is -0.508 e. The van der Waals surface area contributed by atoms with E-state index in [4.69, 9.17) is 4.42 Å². The Kier molecular flexibility index (Phi) is 2.99. The van der Waals surface area contributed by atoms with Crippen LogP contribution in [0.25, 0.3) is 11.3 Å². The molecule has 2 rings (SSSR count). The molecule has 0 saturated carbocycles. The number of hydrogen-bond acceptors (Lipinski definition) is 3. The van der Waals surface area contributed by atoms with E-state index >= 15 is 0 Å². The first-order valence-corrected chi connectivity index (χ1v) is 5.81. The van der Waals surface area contributed by atoms with Gasteiger partial charge < -0.3 is 9.52 Å². The van der Waals surface area contributed by atoms with Crippen LogP contribution in [-0.2, 0) is 5.41 Å².